The van der Waals surface area contributed by atoms with Crippen molar-refractivity contribution in [1.29, 1.82) is 0 Å². The molecule has 0 aromatic heterocycles. The molecule has 92 valence electrons. The molecule has 0 radical (unpaired) electrons. The Morgan fingerprint density at radius 1 is 1.47 bits per heavy atom. The SMILES string of the molecule is CC(COc1cc(F)cc(C(=O)O)c1)C(N)=O. The number of rotatable bonds is 5. The first-order chi connectivity index (χ1) is 7.90. The first kappa shape index (κ1) is 13.0. The molecule has 1 aromatic rings. The van der Waals surface area contributed by atoms with Crippen LogP contribution < -0.4 is 10.5 Å². The highest BCUT2D eigenvalue weighted by Crippen LogP contribution is 2.17. The summed E-state index contributed by atoms with van der Waals surface area (Å²) in [5, 5.41) is 8.70. The fourth-order valence-corrected chi connectivity index (χ4v) is 1.07. The normalized spacial score (nSPS) is 11.9. The van der Waals surface area contributed by atoms with Crippen molar-refractivity contribution in [2.75, 3.05) is 6.61 Å². The van der Waals surface area contributed by atoms with Crippen molar-refractivity contribution in [1.82, 2.24) is 0 Å². The molecule has 1 unspecified atom stereocenters. The maximum atomic E-state index is 13.0. The molecule has 1 rings (SSSR count). The van der Waals surface area contributed by atoms with E-state index in [0.717, 1.165) is 12.1 Å². The summed E-state index contributed by atoms with van der Waals surface area (Å²) >= 11 is 0. The van der Waals surface area contributed by atoms with Gasteiger partial charge in [-0.2, -0.15) is 0 Å². The Morgan fingerprint density at radius 2 is 2.12 bits per heavy atom. The van der Waals surface area contributed by atoms with Gasteiger partial charge in [0.2, 0.25) is 5.91 Å². The quantitative estimate of drug-likeness (QED) is 0.805. The van der Waals surface area contributed by atoms with Crippen LogP contribution in [0.25, 0.3) is 0 Å². The topological polar surface area (TPSA) is 89.6 Å². The molecule has 0 saturated heterocycles. The molecule has 0 heterocycles. The Labute approximate surface area is 97.0 Å². The van der Waals surface area contributed by atoms with Gasteiger partial charge in [-0.1, -0.05) is 6.92 Å². The molecule has 0 saturated carbocycles. The minimum Gasteiger partial charge on any atom is -0.493 e. The van der Waals surface area contributed by atoms with Crippen LogP contribution in [0.4, 0.5) is 4.39 Å². The van der Waals surface area contributed by atoms with Crippen molar-refractivity contribution >= 4 is 11.9 Å². The van der Waals surface area contributed by atoms with E-state index in [-0.39, 0.29) is 17.9 Å². The molecule has 0 aliphatic carbocycles. The van der Waals surface area contributed by atoms with Crippen LogP contribution in [0.3, 0.4) is 0 Å². The van der Waals surface area contributed by atoms with Gasteiger partial charge < -0.3 is 15.6 Å². The summed E-state index contributed by atoms with van der Waals surface area (Å²) in [6.07, 6.45) is 0. The highest BCUT2D eigenvalue weighted by atomic mass is 19.1. The van der Waals surface area contributed by atoms with Gasteiger partial charge in [0.05, 0.1) is 18.1 Å². The number of ether oxygens (including phenoxy) is 1. The van der Waals surface area contributed by atoms with Crippen LogP contribution in [0.15, 0.2) is 18.2 Å². The number of halogens is 1. The van der Waals surface area contributed by atoms with Gasteiger partial charge >= 0.3 is 5.97 Å². The Kier molecular flexibility index (Phi) is 4.03. The zero-order valence-corrected chi connectivity index (χ0v) is 9.14. The molecule has 1 amide bonds. The van der Waals surface area contributed by atoms with Crippen molar-refractivity contribution < 1.29 is 23.8 Å². The molecule has 0 bridgehead atoms. The second-order valence-electron chi connectivity index (χ2n) is 3.60. The summed E-state index contributed by atoms with van der Waals surface area (Å²) in [7, 11) is 0. The number of nitrogens with two attached hydrogens (primary N) is 1. The van der Waals surface area contributed by atoms with Crippen LogP contribution in [0, 0.1) is 11.7 Å². The third-order valence-electron chi connectivity index (χ3n) is 2.10. The number of hydrogen-bond donors (Lipinski definition) is 2. The summed E-state index contributed by atoms with van der Waals surface area (Å²) in [6, 6.07) is 3.10. The second-order valence-corrected chi connectivity index (χ2v) is 3.60. The van der Waals surface area contributed by atoms with Crippen molar-refractivity contribution in [2.45, 2.75) is 6.92 Å². The van der Waals surface area contributed by atoms with Gasteiger partial charge in [-0.15, -0.1) is 0 Å². The van der Waals surface area contributed by atoms with E-state index in [9.17, 15) is 14.0 Å². The first-order valence-electron chi connectivity index (χ1n) is 4.86. The number of carboxylic acid groups (broad SMARTS) is 1. The third kappa shape index (κ3) is 3.75. The van der Waals surface area contributed by atoms with Crippen molar-refractivity contribution in [3.63, 3.8) is 0 Å². The first-order valence-corrected chi connectivity index (χ1v) is 4.86. The van der Waals surface area contributed by atoms with Gasteiger partial charge in [0, 0.05) is 6.07 Å². The molecule has 1 aromatic carbocycles. The van der Waals surface area contributed by atoms with Crippen LogP contribution >= 0.6 is 0 Å². The largest absolute Gasteiger partial charge is 0.493 e. The van der Waals surface area contributed by atoms with Gasteiger partial charge in [0.25, 0.3) is 0 Å². The molecule has 0 spiro atoms. The fourth-order valence-electron chi connectivity index (χ4n) is 1.07. The molecular weight excluding hydrogens is 229 g/mol. The lowest BCUT2D eigenvalue weighted by Gasteiger charge is -2.10. The zero-order chi connectivity index (χ0) is 13.0. The number of carbonyl (C=O) groups is 2. The number of benzene rings is 1. The van der Waals surface area contributed by atoms with Crippen molar-refractivity contribution in [2.24, 2.45) is 11.7 Å². The number of amides is 1. The van der Waals surface area contributed by atoms with E-state index in [4.69, 9.17) is 15.6 Å². The molecular formula is C11H12FNO4. The Morgan fingerprint density at radius 3 is 2.65 bits per heavy atom. The Balaban J connectivity index is 2.78. The van der Waals surface area contributed by atoms with Crippen molar-refractivity contribution in [3.8, 4) is 5.75 Å². The van der Waals surface area contributed by atoms with Crippen LogP contribution in [-0.2, 0) is 4.79 Å². The zero-order valence-electron chi connectivity index (χ0n) is 9.14. The van der Waals surface area contributed by atoms with E-state index in [2.05, 4.69) is 0 Å². The van der Waals surface area contributed by atoms with Gasteiger partial charge in [-0.3, -0.25) is 4.79 Å². The summed E-state index contributed by atoms with van der Waals surface area (Å²) in [6.45, 7) is 1.53. The standard InChI is InChI=1S/C11H12FNO4/c1-6(10(13)14)5-17-9-3-7(11(15)16)2-8(12)4-9/h2-4,6H,5H2,1H3,(H2,13,14)(H,15,16). The lowest BCUT2D eigenvalue weighted by Crippen LogP contribution is -2.25. The highest BCUT2D eigenvalue weighted by Gasteiger charge is 2.12. The van der Waals surface area contributed by atoms with E-state index in [1.165, 1.54) is 6.07 Å². The van der Waals surface area contributed by atoms with E-state index >= 15 is 0 Å². The molecule has 17 heavy (non-hydrogen) atoms. The number of hydrogen-bond acceptors (Lipinski definition) is 3. The van der Waals surface area contributed by atoms with Crippen LogP contribution in [0.5, 0.6) is 5.75 Å². The number of aromatic carboxylic acids is 1. The van der Waals surface area contributed by atoms with Crippen molar-refractivity contribution in [3.05, 3.63) is 29.6 Å². The molecule has 3 N–H and O–H groups in total. The molecule has 5 nitrogen and oxygen atoms in total. The van der Waals surface area contributed by atoms with Gasteiger partial charge in [-0.05, 0) is 12.1 Å². The van der Waals surface area contributed by atoms with E-state index in [1.807, 2.05) is 0 Å². The second kappa shape index (κ2) is 5.29. The minimum atomic E-state index is -1.25. The van der Waals surface area contributed by atoms with Gasteiger partial charge in [0.15, 0.2) is 0 Å². The van der Waals surface area contributed by atoms with Gasteiger partial charge in [-0.25, -0.2) is 9.18 Å². The fraction of sp³-hybridized carbons (Fsp3) is 0.273. The van der Waals surface area contributed by atoms with Gasteiger partial charge in [0.1, 0.15) is 11.6 Å². The molecule has 0 fully saturated rings. The van der Waals surface area contributed by atoms with Crippen LogP contribution in [0.1, 0.15) is 17.3 Å². The molecule has 0 aliphatic rings. The average molecular weight is 241 g/mol. The van der Waals surface area contributed by atoms with Crippen LogP contribution in [0.2, 0.25) is 0 Å². The smallest absolute Gasteiger partial charge is 0.335 e. The lowest BCUT2D eigenvalue weighted by molar-refractivity contribution is -0.122. The predicted octanol–water partition coefficient (Wildman–Crippen LogP) is 1.02. The summed E-state index contributed by atoms with van der Waals surface area (Å²) in [5.41, 5.74) is 4.81. The van der Waals surface area contributed by atoms with E-state index < -0.39 is 23.6 Å². The number of carboxylic acids is 1. The number of primary amides is 1. The third-order valence-corrected chi connectivity index (χ3v) is 2.10. The molecule has 1 atom stereocenters. The summed E-state index contributed by atoms with van der Waals surface area (Å²) < 4.78 is 18.1. The average Bonchev–Trinajstić information content (AvgIpc) is 2.24. The van der Waals surface area contributed by atoms with E-state index in [1.54, 1.807) is 6.92 Å². The summed E-state index contributed by atoms with van der Waals surface area (Å²) in [4.78, 5) is 21.4. The maximum Gasteiger partial charge on any atom is 0.335 e. The lowest BCUT2D eigenvalue weighted by atomic mass is 10.2. The number of carbonyl (C=O) groups excluding carboxylic acids is 1. The van der Waals surface area contributed by atoms with Crippen LogP contribution in [-0.4, -0.2) is 23.6 Å². The monoisotopic (exact) mass is 241 g/mol. The van der Waals surface area contributed by atoms with E-state index in [0.29, 0.717) is 0 Å². The highest BCUT2D eigenvalue weighted by molar-refractivity contribution is 5.88. The molecule has 6 heteroatoms. The predicted molar refractivity (Wildman–Crippen MR) is 57.2 cm³/mol. The minimum absolute atomic E-state index is 0.0299. The molecule has 0 aliphatic heterocycles. The Bertz CT molecular complexity index is 447. The summed E-state index contributed by atoms with van der Waals surface area (Å²) in [5.74, 6) is -2.99. The Hall–Kier alpha value is -2.11. The maximum absolute atomic E-state index is 13.0.